The Morgan fingerprint density at radius 1 is 0.375 bits per heavy atom. The van der Waals surface area contributed by atoms with Gasteiger partial charge >= 0.3 is 0 Å². The van der Waals surface area contributed by atoms with Crippen molar-refractivity contribution in [3.05, 3.63) is 52.4 Å². The van der Waals surface area contributed by atoms with Crippen LogP contribution < -0.4 is 0 Å². The van der Waals surface area contributed by atoms with Crippen LogP contribution in [-0.2, 0) is 32.5 Å². The molecule has 0 atom stereocenters. The van der Waals surface area contributed by atoms with Crippen molar-refractivity contribution in [2.45, 2.75) is 157 Å². The van der Waals surface area contributed by atoms with Gasteiger partial charge in [-0.25, -0.2) is 13.4 Å². The fraction of sp³-hybridized carbons (Fsp3) is 0.727. The van der Waals surface area contributed by atoms with Gasteiger partial charge in [-0.2, -0.15) is 15.3 Å². The van der Waals surface area contributed by atoms with Crippen LogP contribution >= 0.6 is 8.37 Å². The molecule has 6 nitrogen and oxygen atoms in total. The minimum Gasteiger partial charge on any atom is -0.206 e. The molecule has 0 fully saturated rings. The van der Waals surface area contributed by atoms with Crippen LogP contribution in [0.2, 0.25) is 0 Å². The molecule has 0 radical (unpaired) electrons. The Balaban J connectivity index is 2.60. The molecule has 3 rings (SSSR count). The number of aromatic nitrogens is 6. The minimum atomic E-state index is -1.36. The van der Waals surface area contributed by atoms with Crippen molar-refractivity contribution in [2.75, 3.05) is 0 Å². The summed E-state index contributed by atoms with van der Waals surface area (Å²) in [7, 11) is -1.36. The summed E-state index contributed by atoms with van der Waals surface area (Å²) < 4.78 is 6.83. The molecular weight excluding hydrogens is 511 g/mol. The summed E-state index contributed by atoms with van der Waals surface area (Å²) in [4.78, 5) is 0. The first kappa shape index (κ1) is 32.6. The molecule has 0 amide bonds. The lowest BCUT2D eigenvalue weighted by atomic mass is 9.88. The Labute approximate surface area is 246 Å². The van der Waals surface area contributed by atoms with Crippen LogP contribution in [0, 0.1) is 0 Å². The highest BCUT2D eigenvalue weighted by Crippen LogP contribution is 2.50. The van der Waals surface area contributed by atoms with Crippen LogP contribution in [0.15, 0.2) is 18.2 Å². The molecule has 224 valence electrons. The SMILES string of the molecule is CC(C)(C)c1cc(C(C)(C)C)n(P(n2nc(C(C)(C)C)cc2C(C)(C)C)n2nc(C(C)(C)C)cc2C(C)(C)C)n1. The minimum absolute atomic E-state index is 0.0899. The molecule has 0 aliphatic heterocycles. The average molecular weight is 569 g/mol. The van der Waals surface area contributed by atoms with Crippen LogP contribution in [0.1, 0.15) is 159 Å². The molecule has 0 N–H and O–H groups in total. The Bertz CT molecular complexity index is 1180. The van der Waals surface area contributed by atoms with Gasteiger partial charge in [0.05, 0.1) is 34.2 Å². The van der Waals surface area contributed by atoms with E-state index in [0.717, 1.165) is 17.1 Å². The Morgan fingerprint density at radius 2 is 0.575 bits per heavy atom. The van der Waals surface area contributed by atoms with E-state index in [0.29, 0.717) is 0 Å². The fourth-order valence-electron chi connectivity index (χ4n) is 4.41. The third-order valence-corrected chi connectivity index (χ3v) is 9.12. The third-order valence-electron chi connectivity index (χ3n) is 7.19. The highest BCUT2D eigenvalue weighted by atomic mass is 31.1. The molecule has 0 bridgehead atoms. The number of hydrogen-bond acceptors (Lipinski definition) is 3. The molecule has 0 saturated heterocycles. The van der Waals surface area contributed by atoms with Crippen molar-refractivity contribution in [3.8, 4) is 0 Å². The first-order valence-electron chi connectivity index (χ1n) is 14.8. The standard InChI is InChI=1S/C33H57N6P/c1-28(2,3)22-19-25(31(10,11)12)37(34-22)40(38-26(32(13,14)15)20-23(35-38)29(4,5)6)39-27(33(16,17)18)21-24(36-39)30(7,8)9/h19-21H,1-18H3. The predicted octanol–water partition coefficient (Wildman–Crippen LogP) is 9.23. The molecule has 0 unspecified atom stereocenters. The summed E-state index contributed by atoms with van der Waals surface area (Å²) in [6.07, 6.45) is 0. The van der Waals surface area contributed by atoms with Crippen molar-refractivity contribution in [2.24, 2.45) is 0 Å². The van der Waals surface area contributed by atoms with Crippen molar-refractivity contribution in [1.29, 1.82) is 0 Å². The molecule has 0 spiro atoms. The van der Waals surface area contributed by atoms with E-state index in [1.807, 2.05) is 0 Å². The summed E-state index contributed by atoms with van der Waals surface area (Å²) >= 11 is 0. The quantitative estimate of drug-likeness (QED) is 0.296. The van der Waals surface area contributed by atoms with Crippen LogP contribution in [0.5, 0.6) is 0 Å². The van der Waals surface area contributed by atoms with E-state index in [9.17, 15) is 0 Å². The summed E-state index contributed by atoms with van der Waals surface area (Å²) in [6.45, 7) is 40.7. The Morgan fingerprint density at radius 3 is 0.725 bits per heavy atom. The lowest BCUT2D eigenvalue weighted by Crippen LogP contribution is -2.27. The lowest BCUT2D eigenvalue weighted by Gasteiger charge is -2.31. The van der Waals surface area contributed by atoms with Crippen molar-refractivity contribution in [1.82, 2.24) is 28.7 Å². The molecule has 40 heavy (non-hydrogen) atoms. The monoisotopic (exact) mass is 568 g/mol. The van der Waals surface area contributed by atoms with Crippen LogP contribution in [0.4, 0.5) is 0 Å². The first-order chi connectivity index (χ1) is 17.6. The molecule has 0 aromatic carbocycles. The highest BCUT2D eigenvalue weighted by Gasteiger charge is 2.39. The van der Waals surface area contributed by atoms with Crippen molar-refractivity contribution >= 4 is 8.37 Å². The van der Waals surface area contributed by atoms with Gasteiger partial charge in [-0.1, -0.05) is 125 Å². The normalized spacial score (nSPS) is 14.5. The van der Waals surface area contributed by atoms with Crippen LogP contribution in [0.25, 0.3) is 0 Å². The molecule has 0 aliphatic carbocycles. The topological polar surface area (TPSA) is 53.5 Å². The Hall–Kier alpha value is -1.94. The summed E-state index contributed by atoms with van der Waals surface area (Å²) in [5.41, 5.74) is 6.22. The number of rotatable bonds is 3. The highest BCUT2D eigenvalue weighted by molar-refractivity contribution is 7.52. The van der Waals surface area contributed by atoms with Gasteiger partial charge in [0.2, 0.25) is 0 Å². The maximum atomic E-state index is 5.41. The van der Waals surface area contributed by atoms with Gasteiger partial charge in [0.15, 0.2) is 0 Å². The fourth-order valence-corrected chi connectivity index (χ4v) is 7.08. The first-order valence-corrected chi connectivity index (χ1v) is 16.0. The molecule has 7 heteroatoms. The maximum absolute atomic E-state index is 5.41. The van der Waals surface area contributed by atoms with Gasteiger partial charge in [-0.05, 0) is 18.2 Å². The second-order valence-electron chi connectivity index (χ2n) is 17.7. The third kappa shape index (κ3) is 6.58. The number of nitrogens with zero attached hydrogens (tertiary/aromatic N) is 6. The average Bonchev–Trinajstić information content (AvgIpc) is 3.42. The van der Waals surface area contributed by atoms with Crippen LogP contribution in [-0.4, -0.2) is 28.7 Å². The zero-order valence-corrected chi connectivity index (χ0v) is 29.8. The number of hydrogen-bond donors (Lipinski definition) is 0. The van der Waals surface area contributed by atoms with E-state index in [1.165, 1.54) is 17.1 Å². The van der Waals surface area contributed by atoms with E-state index in [1.54, 1.807) is 0 Å². The summed E-state index contributed by atoms with van der Waals surface area (Å²) in [5, 5.41) is 16.2. The van der Waals surface area contributed by atoms with Crippen molar-refractivity contribution in [3.63, 3.8) is 0 Å². The van der Waals surface area contributed by atoms with Crippen molar-refractivity contribution < 1.29 is 0 Å². The smallest absolute Gasteiger partial charge is 0.206 e. The summed E-state index contributed by atoms with van der Waals surface area (Å²) in [5.74, 6) is 0. The zero-order chi connectivity index (χ0) is 31.0. The lowest BCUT2D eigenvalue weighted by molar-refractivity contribution is 0.523. The predicted molar refractivity (Wildman–Crippen MR) is 172 cm³/mol. The van der Waals surface area contributed by atoms with Gasteiger partial charge < -0.3 is 0 Å². The van der Waals surface area contributed by atoms with E-state index in [-0.39, 0.29) is 32.5 Å². The molecule has 3 aromatic rings. The van der Waals surface area contributed by atoms with Gasteiger partial charge in [0, 0.05) is 32.5 Å². The van der Waals surface area contributed by atoms with Gasteiger partial charge in [-0.3, -0.25) is 0 Å². The molecule has 0 saturated carbocycles. The summed E-state index contributed by atoms with van der Waals surface area (Å²) in [6, 6.07) is 6.93. The van der Waals surface area contributed by atoms with E-state index in [2.05, 4.69) is 156 Å². The van der Waals surface area contributed by atoms with Gasteiger partial charge in [0.1, 0.15) is 0 Å². The van der Waals surface area contributed by atoms with E-state index < -0.39 is 8.37 Å². The second kappa shape index (κ2) is 9.82. The van der Waals surface area contributed by atoms with Gasteiger partial charge in [0.25, 0.3) is 8.37 Å². The van der Waals surface area contributed by atoms with Gasteiger partial charge in [-0.15, -0.1) is 0 Å². The molecular formula is C33H57N6P. The molecule has 0 aliphatic rings. The zero-order valence-electron chi connectivity index (χ0n) is 28.9. The van der Waals surface area contributed by atoms with E-state index in [4.69, 9.17) is 15.3 Å². The van der Waals surface area contributed by atoms with E-state index >= 15 is 0 Å². The largest absolute Gasteiger partial charge is 0.272 e. The second-order valence-corrected chi connectivity index (χ2v) is 19.4. The molecule has 3 heterocycles. The Kier molecular flexibility index (Phi) is 7.99. The van der Waals surface area contributed by atoms with Crippen LogP contribution in [0.3, 0.4) is 0 Å². The molecule has 3 aromatic heterocycles. The maximum Gasteiger partial charge on any atom is 0.272 e.